The van der Waals surface area contributed by atoms with E-state index >= 15 is 0 Å². The summed E-state index contributed by atoms with van der Waals surface area (Å²) in [5.41, 5.74) is 6.54. The quantitative estimate of drug-likeness (QED) is 0.801. The first-order valence-corrected chi connectivity index (χ1v) is 9.67. The molecular weight excluding hydrogens is 398 g/mol. The van der Waals surface area contributed by atoms with Gasteiger partial charge in [0, 0.05) is 28.9 Å². The summed E-state index contributed by atoms with van der Waals surface area (Å²) in [5, 5.41) is 4.31. The Kier molecular flexibility index (Phi) is 4.87. The smallest absolute Gasteiger partial charge is 0.452 e. The van der Waals surface area contributed by atoms with Crippen molar-refractivity contribution in [1.82, 2.24) is 9.78 Å². The van der Waals surface area contributed by atoms with Crippen molar-refractivity contribution in [3.05, 3.63) is 30.1 Å². The molecular formula is C20H22F2N4O4. The summed E-state index contributed by atoms with van der Waals surface area (Å²) >= 11 is 0. The number of ether oxygens (including phenoxy) is 2. The van der Waals surface area contributed by atoms with Gasteiger partial charge in [-0.15, -0.1) is 0 Å². The maximum absolute atomic E-state index is 14.2. The Morgan fingerprint density at radius 2 is 2.00 bits per heavy atom. The Balaban J connectivity index is 1.86. The normalized spacial score (nSPS) is 18.7. The minimum absolute atomic E-state index is 0.188. The largest absolute Gasteiger partial charge is 0.482 e. The summed E-state index contributed by atoms with van der Waals surface area (Å²) in [6.07, 6.45) is 1.42. The van der Waals surface area contributed by atoms with Crippen LogP contribution in [0.2, 0.25) is 0 Å². The van der Waals surface area contributed by atoms with E-state index in [1.54, 1.807) is 29.2 Å². The lowest BCUT2D eigenvalue weighted by Gasteiger charge is -2.35. The SMILES string of the molecule is COC(=O)N1c2ccc(-c3cnn(C4CC4)c3)c(OC(F)(F)C(N)=O)c2CC[C@@H]1C. The van der Waals surface area contributed by atoms with Crippen LogP contribution in [-0.2, 0) is 16.0 Å². The Bertz CT molecular complexity index is 1000. The van der Waals surface area contributed by atoms with Crippen LogP contribution in [0.3, 0.4) is 0 Å². The van der Waals surface area contributed by atoms with Gasteiger partial charge in [0.15, 0.2) is 0 Å². The second-order valence-corrected chi connectivity index (χ2v) is 7.59. The zero-order valence-corrected chi connectivity index (χ0v) is 16.6. The lowest BCUT2D eigenvalue weighted by atomic mass is 9.92. The summed E-state index contributed by atoms with van der Waals surface area (Å²) in [4.78, 5) is 25.0. The number of alkyl halides is 2. The van der Waals surface area contributed by atoms with Crippen molar-refractivity contribution in [2.24, 2.45) is 5.73 Å². The molecule has 1 fully saturated rings. The summed E-state index contributed by atoms with van der Waals surface area (Å²) in [6.45, 7) is 1.84. The van der Waals surface area contributed by atoms with Crippen molar-refractivity contribution in [3.63, 3.8) is 0 Å². The van der Waals surface area contributed by atoms with Gasteiger partial charge in [-0.2, -0.15) is 13.9 Å². The van der Waals surface area contributed by atoms with Crippen LogP contribution in [-0.4, -0.2) is 41.0 Å². The number of anilines is 1. The molecule has 2 aliphatic rings. The molecule has 0 spiro atoms. The Morgan fingerprint density at radius 3 is 2.63 bits per heavy atom. The number of hydrogen-bond donors (Lipinski definition) is 1. The number of carbonyl (C=O) groups excluding carboxylic acids is 2. The van der Waals surface area contributed by atoms with Crippen molar-refractivity contribution < 1.29 is 27.8 Å². The van der Waals surface area contributed by atoms with Gasteiger partial charge >= 0.3 is 18.1 Å². The number of hydrogen-bond acceptors (Lipinski definition) is 5. The molecule has 30 heavy (non-hydrogen) atoms. The molecule has 2 amide bonds. The number of rotatable bonds is 5. The molecule has 2 aromatic rings. The average molecular weight is 420 g/mol. The van der Waals surface area contributed by atoms with Gasteiger partial charge < -0.3 is 15.2 Å². The maximum atomic E-state index is 14.2. The minimum atomic E-state index is -4.21. The van der Waals surface area contributed by atoms with E-state index in [1.807, 2.05) is 6.92 Å². The number of benzene rings is 1. The third-order valence-electron chi connectivity index (χ3n) is 5.47. The molecule has 2 heterocycles. The molecule has 1 aromatic heterocycles. The van der Waals surface area contributed by atoms with E-state index < -0.39 is 18.1 Å². The minimum Gasteiger partial charge on any atom is -0.452 e. The van der Waals surface area contributed by atoms with Gasteiger partial charge in [-0.25, -0.2) is 4.79 Å². The molecule has 1 saturated carbocycles. The fraction of sp³-hybridized carbons (Fsp3) is 0.450. The number of methoxy groups -OCH3 is 1. The highest BCUT2D eigenvalue weighted by atomic mass is 19.3. The number of halogens is 2. The number of amides is 2. The molecule has 160 valence electrons. The Labute approximate surface area is 171 Å². The van der Waals surface area contributed by atoms with E-state index in [1.165, 1.54) is 12.0 Å². The third-order valence-corrected chi connectivity index (χ3v) is 5.47. The molecule has 4 rings (SSSR count). The summed E-state index contributed by atoms with van der Waals surface area (Å²) in [7, 11) is 1.25. The molecule has 1 atom stereocenters. The van der Waals surface area contributed by atoms with Gasteiger partial charge in [0.05, 0.1) is 25.0 Å². The van der Waals surface area contributed by atoms with Crippen LogP contribution in [0.25, 0.3) is 11.1 Å². The highest BCUT2D eigenvalue weighted by Crippen LogP contribution is 2.45. The highest BCUT2D eigenvalue weighted by molar-refractivity contribution is 5.92. The number of primary amides is 1. The highest BCUT2D eigenvalue weighted by Gasteiger charge is 2.43. The van der Waals surface area contributed by atoms with Crippen LogP contribution in [0.1, 0.15) is 37.8 Å². The number of nitrogens with two attached hydrogens (primary N) is 1. The zero-order valence-electron chi connectivity index (χ0n) is 16.6. The van der Waals surface area contributed by atoms with Crippen LogP contribution in [0, 0.1) is 0 Å². The molecule has 0 radical (unpaired) electrons. The summed E-state index contributed by atoms with van der Waals surface area (Å²) < 4.78 is 40.0. The lowest BCUT2D eigenvalue weighted by molar-refractivity contribution is -0.189. The fourth-order valence-corrected chi connectivity index (χ4v) is 3.72. The Morgan fingerprint density at radius 1 is 1.27 bits per heavy atom. The molecule has 1 aromatic carbocycles. The molecule has 0 unspecified atom stereocenters. The van der Waals surface area contributed by atoms with Gasteiger partial charge in [0.1, 0.15) is 5.75 Å². The van der Waals surface area contributed by atoms with Gasteiger partial charge in [-0.3, -0.25) is 14.4 Å². The zero-order chi connectivity index (χ0) is 21.6. The van der Waals surface area contributed by atoms with Crippen molar-refractivity contribution in [2.75, 3.05) is 12.0 Å². The standard InChI is InChI=1S/C20H22F2N4O4/c1-11-3-6-15-16(26(11)19(28)29-2)8-7-14(17(15)30-20(21,22)18(23)27)12-9-24-25(10-12)13-4-5-13/h7-11,13H,3-6H2,1-2H3,(H2,23,27)/t11-/m0/s1. The molecule has 1 aliphatic heterocycles. The van der Waals surface area contributed by atoms with Gasteiger partial charge in [0.2, 0.25) is 0 Å². The second kappa shape index (κ2) is 7.26. The van der Waals surface area contributed by atoms with Crippen LogP contribution >= 0.6 is 0 Å². The summed E-state index contributed by atoms with van der Waals surface area (Å²) in [6, 6.07) is 3.36. The fourth-order valence-electron chi connectivity index (χ4n) is 3.72. The monoisotopic (exact) mass is 420 g/mol. The number of carbonyl (C=O) groups is 2. The number of fused-ring (bicyclic) bond motifs is 1. The van der Waals surface area contributed by atoms with Crippen LogP contribution in [0.4, 0.5) is 19.3 Å². The van der Waals surface area contributed by atoms with Crippen LogP contribution in [0.15, 0.2) is 24.5 Å². The van der Waals surface area contributed by atoms with E-state index in [2.05, 4.69) is 5.10 Å². The van der Waals surface area contributed by atoms with Gasteiger partial charge in [-0.05, 0) is 44.7 Å². The average Bonchev–Trinajstić information content (AvgIpc) is 3.44. The van der Waals surface area contributed by atoms with E-state index in [9.17, 15) is 18.4 Å². The molecule has 1 aliphatic carbocycles. The van der Waals surface area contributed by atoms with E-state index in [0.717, 1.165) is 12.8 Å². The molecule has 10 heteroatoms. The predicted molar refractivity (Wildman–Crippen MR) is 103 cm³/mol. The van der Waals surface area contributed by atoms with Crippen LogP contribution < -0.4 is 15.4 Å². The Hall–Kier alpha value is -3.17. The number of nitrogens with zero attached hydrogens (tertiary/aromatic N) is 3. The molecule has 8 nitrogen and oxygen atoms in total. The molecule has 2 N–H and O–H groups in total. The molecule has 0 saturated heterocycles. The van der Waals surface area contributed by atoms with Crippen LogP contribution in [0.5, 0.6) is 5.75 Å². The first-order chi connectivity index (χ1) is 14.2. The van der Waals surface area contributed by atoms with Gasteiger partial charge in [0.25, 0.3) is 0 Å². The van der Waals surface area contributed by atoms with E-state index in [-0.39, 0.29) is 11.8 Å². The summed E-state index contributed by atoms with van der Waals surface area (Å²) in [5.74, 6) is -2.08. The van der Waals surface area contributed by atoms with Crippen molar-refractivity contribution in [3.8, 4) is 16.9 Å². The van der Waals surface area contributed by atoms with E-state index in [4.69, 9.17) is 15.2 Å². The topological polar surface area (TPSA) is 99.7 Å². The predicted octanol–water partition coefficient (Wildman–Crippen LogP) is 3.25. The molecule has 0 bridgehead atoms. The first kappa shape index (κ1) is 20.1. The lowest BCUT2D eigenvalue weighted by Crippen LogP contribution is -2.43. The second-order valence-electron chi connectivity index (χ2n) is 7.59. The maximum Gasteiger partial charge on any atom is 0.482 e. The van der Waals surface area contributed by atoms with Crippen molar-refractivity contribution >= 4 is 17.7 Å². The number of aromatic nitrogens is 2. The third kappa shape index (κ3) is 3.46. The van der Waals surface area contributed by atoms with E-state index in [0.29, 0.717) is 41.3 Å². The van der Waals surface area contributed by atoms with Gasteiger partial charge in [-0.1, -0.05) is 0 Å². The first-order valence-electron chi connectivity index (χ1n) is 9.67. The van der Waals surface area contributed by atoms with Crippen molar-refractivity contribution in [1.29, 1.82) is 0 Å². The van der Waals surface area contributed by atoms with Crippen molar-refractivity contribution in [2.45, 2.75) is 50.8 Å².